The monoisotopic (exact) mass is 366 g/mol. The van der Waals surface area contributed by atoms with E-state index in [2.05, 4.69) is 70.8 Å². The van der Waals surface area contributed by atoms with Crippen LogP contribution in [0.1, 0.15) is 67.2 Å². The van der Waals surface area contributed by atoms with E-state index in [4.69, 9.17) is 5.73 Å². The number of nitrogens with one attached hydrogen (secondary N) is 1. The van der Waals surface area contributed by atoms with E-state index < -0.39 is 0 Å². The summed E-state index contributed by atoms with van der Waals surface area (Å²) < 4.78 is 0. The van der Waals surface area contributed by atoms with Crippen molar-refractivity contribution in [3.8, 4) is 0 Å². The first-order chi connectivity index (χ1) is 11.8. The summed E-state index contributed by atoms with van der Waals surface area (Å²) >= 11 is 0. The Balaban J connectivity index is 2.14. The third-order valence-corrected chi connectivity index (χ3v) is 6.73. The molecule has 2 heterocycles. The van der Waals surface area contributed by atoms with Crippen LogP contribution in [0.25, 0.3) is 0 Å². The Kier molecular flexibility index (Phi) is 6.86. The molecule has 0 aliphatic carbocycles. The van der Waals surface area contributed by atoms with E-state index in [9.17, 15) is 0 Å². The van der Waals surface area contributed by atoms with Gasteiger partial charge in [-0.1, -0.05) is 34.6 Å². The van der Waals surface area contributed by atoms with E-state index in [-0.39, 0.29) is 11.0 Å². The fourth-order valence-corrected chi connectivity index (χ4v) is 6.00. The number of likely N-dealkylation sites (N-methyl/N-ethyl adjacent to an activating group) is 1. The fourth-order valence-electron chi connectivity index (χ4n) is 6.00. The topological polar surface area (TPSA) is 44.5 Å². The predicted octanol–water partition coefficient (Wildman–Crippen LogP) is 3.17. The molecular weight excluding hydrogens is 320 g/mol. The van der Waals surface area contributed by atoms with E-state index in [1.54, 1.807) is 0 Å². The van der Waals surface area contributed by atoms with Crippen LogP contribution >= 0.6 is 0 Å². The molecule has 0 aromatic carbocycles. The summed E-state index contributed by atoms with van der Waals surface area (Å²) in [6, 6.07) is 1.11. The van der Waals surface area contributed by atoms with Crippen molar-refractivity contribution < 1.29 is 0 Å². The normalized spacial score (nSPS) is 40.3. The highest BCUT2D eigenvalue weighted by Gasteiger charge is 2.40. The molecule has 0 bridgehead atoms. The van der Waals surface area contributed by atoms with Gasteiger partial charge in [0.25, 0.3) is 0 Å². The molecule has 4 unspecified atom stereocenters. The van der Waals surface area contributed by atoms with Crippen LogP contribution in [0.5, 0.6) is 0 Å². The van der Waals surface area contributed by atoms with Gasteiger partial charge in [-0.15, -0.1) is 0 Å². The average Bonchev–Trinajstić information content (AvgIpc) is 2.40. The fraction of sp³-hybridized carbons (Fsp3) is 1.00. The molecule has 3 N–H and O–H groups in total. The molecule has 2 rings (SSSR count). The third kappa shape index (κ3) is 6.19. The minimum Gasteiger partial charge on any atom is -0.324 e. The Morgan fingerprint density at radius 2 is 1.50 bits per heavy atom. The van der Waals surface area contributed by atoms with Crippen molar-refractivity contribution in [1.29, 1.82) is 0 Å². The lowest BCUT2D eigenvalue weighted by Gasteiger charge is -2.48. The van der Waals surface area contributed by atoms with Gasteiger partial charge in [-0.25, -0.2) is 0 Å². The number of hydrogen-bond acceptors (Lipinski definition) is 4. The summed E-state index contributed by atoms with van der Waals surface area (Å²) in [7, 11) is 4.50. The van der Waals surface area contributed by atoms with Gasteiger partial charge in [-0.05, 0) is 76.5 Å². The maximum absolute atomic E-state index is 6.66. The zero-order valence-corrected chi connectivity index (χ0v) is 18.9. The molecule has 0 aromatic rings. The van der Waals surface area contributed by atoms with E-state index >= 15 is 0 Å². The number of nitrogens with two attached hydrogens (primary N) is 1. The van der Waals surface area contributed by atoms with Crippen LogP contribution in [0, 0.1) is 16.7 Å². The predicted molar refractivity (Wildman–Crippen MR) is 113 cm³/mol. The summed E-state index contributed by atoms with van der Waals surface area (Å²) in [5.41, 5.74) is 7.15. The van der Waals surface area contributed by atoms with Crippen LogP contribution in [0.3, 0.4) is 0 Å². The highest BCUT2D eigenvalue weighted by Crippen LogP contribution is 2.36. The van der Waals surface area contributed by atoms with Gasteiger partial charge < -0.3 is 20.9 Å². The molecule has 26 heavy (non-hydrogen) atoms. The summed E-state index contributed by atoms with van der Waals surface area (Å²) in [6.07, 6.45) is 4.81. The van der Waals surface area contributed by atoms with E-state index in [0.29, 0.717) is 23.4 Å². The van der Waals surface area contributed by atoms with E-state index in [1.165, 1.54) is 32.4 Å². The summed E-state index contributed by atoms with van der Waals surface area (Å²) in [5.74, 6) is 0.710. The van der Waals surface area contributed by atoms with Gasteiger partial charge >= 0.3 is 0 Å². The molecule has 2 fully saturated rings. The van der Waals surface area contributed by atoms with Crippen LogP contribution in [0.4, 0.5) is 0 Å². The summed E-state index contributed by atoms with van der Waals surface area (Å²) in [6.45, 7) is 18.9. The first-order valence-electron chi connectivity index (χ1n) is 10.7. The highest BCUT2D eigenvalue weighted by atomic mass is 15.1. The van der Waals surface area contributed by atoms with Crippen molar-refractivity contribution in [2.75, 3.05) is 40.3 Å². The Morgan fingerprint density at radius 1 is 0.923 bits per heavy atom. The van der Waals surface area contributed by atoms with Gasteiger partial charge in [0, 0.05) is 30.7 Å². The van der Waals surface area contributed by atoms with Crippen LogP contribution < -0.4 is 11.1 Å². The van der Waals surface area contributed by atoms with Crippen LogP contribution in [0.2, 0.25) is 0 Å². The number of hydrogen-bond donors (Lipinski definition) is 2. The zero-order valence-electron chi connectivity index (χ0n) is 18.9. The lowest BCUT2D eigenvalue weighted by atomic mass is 9.71. The van der Waals surface area contributed by atoms with Crippen LogP contribution in [-0.2, 0) is 0 Å². The highest BCUT2D eigenvalue weighted by molar-refractivity contribution is 4.98. The Bertz CT molecular complexity index is 457. The number of nitrogens with zero attached hydrogens (tertiary/aromatic N) is 2. The van der Waals surface area contributed by atoms with Gasteiger partial charge in [0.1, 0.15) is 0 Å². The smallest absolute Gasteiger partial charge is 0.0260 e. The Labute approximate surface area is 163 Å². The molecule has 0 aromatic heterocycles. The van der Waals surface area contributed by atoms with E-state index in [1.807, 2.05) is 0 Å². The molecule has 0 saturated carbocycles. The molecule has 2 aliphatic rings. The molecular formula is C22H46N4. The second-order valence-corrected chi connectivity index (χ2v) is 11.5. The van der Waals surface area contributed by atoms with Gasteiger partial charge in [0.15, 0.2) is 0 Å². The first kappa shape index (κ1) is 22.1. The van der Waals surface area contributed by atoms with Gasteiger partial charge in [0.2, 0.25) is 0 Å². The lowest BCUT2D eigenvalue weighted by Crippen LogP contribution is -2.59. The first-order valence-corrected chi connectivity index (χ1v) is 10.7. The standard InChI is InChI=1S/C22H46N4/c1-17-13-20(2,3)15-25(7)11-9-18(17)24-19-10-12-26(8)16-22(6,23)14-21(19,4)5/h17-19,24H,9-16,23H2,1-8H3. The van der Waals surface area contributed by atoms with E-state index in [0.717, 1.165) is 19.5 Å². The SMILES string of the molecule is CC1CC(C)(C)CN(C)CCC1NC1CCN(C)CC(C)(N)CC1(C)C. The molecule has 154 valence electrons. The molecule has 4 heteroatoms. The average molecular weight is 367 g/mol. The largest absolute Gasteiger partial charge is 0.324 e. The molecule has 2 saturated heterocycles. The Hall–Kier alpha value is -0.160. The van der Waals surface area contributed by atoms with Crippen molar-refractivity contribution in [2.24, 2.45) is 22.5 Å². The third-order valence-electron chi connectivity index (χ3n) is 6.73. The van der Waals surface area contributed by atoms with Gasteiger partial charge in [-0.3, -0.25) is 0 Å². The molecule has 2 aliphatic heterocycles. The molecule has 0 amide bonds. The maximum Gasteiger partial charge on any atom is 0.0260 e. The minimum atomic E-state index is -0.118. The van der Waals surface area contributed by atoms with Crippen LogP contribution in [-0.4, -0.2) is 67.7 Å². The summed E-state index contributed by atoms with van der Waals surface area (Å²) in [5, 5.41) is 4.14. The maximum atomic E-state index is 6.66. The minimum absolute atomic E-state index is 0.118. The van der Waals surface area contributed by atoms with Crippen molar-refractivity contribution in [1.82, 2.24) is 15.1 Å². The van der Waals surface area contributed by atoms with Crippen LogP contribution in [0.15, 0.2) is 0 Å². The molecule has 0 radical (unpaired) electrons. The van der Waals surface area contributed by atoms with Gasteiger partial charge in [0.05, 0.1) is 0 Å². The number of likely N-dealkylation sites (tertiary alicyclic amines) is 2. The second-order valence-electron chi connectivity index (χ2n) is 11.5. The van der Waals surface area contributed by atoms with Crippen molar-refractivity contribution in [2.45, 2.75) is 84.8 Å². The van der Waals surface area contributed by atoms with Crippen molar-refractivity contribution >= 4 is 0 Å². The second kappa shape index (κ2) is 8.06. The summed E-state index contributed by atoms with van der Waals surface area (Å²) in [4.78, 5) is 4.94. The molecule has 4 nitrogen and oxygen atoms in total. The zero-order chi connectivity index (χ0) is 19.8. The quantitative estimate of drug-likeness (QED) is 0.788. The number of rotatable bonds is 2. The van der Waals surface area contributed by atoms with Gasteiger partial charge in [-0.2, -0.15) is 0 Å². The molecule has 0 spiro atoms. The lowest BCUT2D eigenvalue weighted by molar-refractivity contribution is 0.0751. The van der Waals surface area contributed by atoms with Crippen molar-refractivity contribution in [3.63, 3.8) is 0 Å². The Morgan fingerprint density at radius 3 is 2.15 bits per heavy atom. The molecule has 4 atom stereocenters. The van der Waals surface area contributed by atoms with Crippen molar-refractivity contribution in [3.05, 3.63) is 0 Å².